The third kappa shape index (κ3) is 3.53. The molecule has 0 fully saturated rings. The Bertz CT molecular complexity index is 1330. The summed E-state index contributed by atoms with van der Waals surface area (Å²) in [6.45, 7) is 0. The molecular formula is C21H14BrN3O4S. The standard InChI is InChI=1S/C21H14BrN3O4S/c22-17-8-4-5-9-18(17)30(28,29)20-19(14-6-2-1-3-7-14)25(24-23-20)16-12-10-15(11-13-16)21(26)27/h1-13H,(H,26,27). The lowest BCUT2D eigenvalue weighted by atomic mass is 10.1. The fourth-order valence-corrected chi connectivity index (χ4v) is 5.30. The van der Waals surface area contributed by atoms with Crippen molar-refractivity contribution >= 4 is 31.7 Å². The molecular weight excluding hydrogens is 470 g/mol. The van der Waals surface area contributed by atoms with Gasteiger partial charge in [0.1, 0.15) is 5.69 Å². The Hall–Kier alpha value is -3.30. The molecule has 1 aromatic heterocycles. The zero-order chi connectivity index (χ0) is 21.3. The van der Waals surface area contributed by atoms with Gasteiger partial charge in [-0.15, -0.1) is 5.10 Å². The smallest absolute Gasteiger partial charge is 0.335 e. The number of carboxylic acids is 1. The van der Waals surface area contributed by atoms with E-state index in [4.69, 9.17) is 5.11 Å². The maximum Gasteiger partial charge on any atom is 0.335 e. The number of rotatable bonds is 5. The van der Waals surface area contributed by atoms with E-state index in [0.29, 0.717) is 15.7 Å². The normalized spacial score (nSPS) is 11.4. The monoisotopic (exact) mass is 483 g/mol. The second-order valence-corrected chi connectivity index (χ2v) is 8.99. The van der Waals surface area contributed by atoms with E-state index < -0.39 is 15.8 Å². The lowest BCUT2D eigenvalue weighted by molar-refractivity contribution is 0.0697. The Morgan fingerprint density at radius 1 is 0.900 bits per heavy atom. The van der Waals surface area contributed by atoms with Gasteiger partial charge in [0.2, 0.25) is 14.9 Å². The summed E-state index contributed by atoms with van der Waals surface area (Å²) in [6, 6.07) is 21.4. The fourth-order valence-electron chi connectivity index (χ4n) is 2.98. The summed E-state index contributed by atoms with van der Waals surface area (Å²) >= 11 is 3.29. The average Bonchev–Trinajstić information content (AvgIpc) is 3.21. The number of carbonyl (C=O) groups is 1. The van der Waals surface area contributed by atoms with E-state index >= 15 is 0 Å². The van der Waals surface area contributed by atoms with Crippen LogP contribution in [0.5, 0.6) is 0 Å². The highest BCUT2D eigenvalue weighted by Crippen LogP contribution is 2.34. The molecule has 1 N–H and O–H groups in total. The van der Waals surface area contributed by atoms with Crippen LogP contribution in [0.4, 0.5) is 0 Å². The van der Waals surface area contributed by atoms with E-state index in [-0.39, 0.29) is 21.2 Å². The van der Waals surface area contributed by atoms with Gasteiger partial charge in [0, 0.05) is 10.0 Å². The van der Waals surface area contributed by atoms with Crippen LogP contribution in [-0.4, -0.2) is 34.5 Å². The van der Waals surface area contributed by atoms with Crippen molar-refractivity contribution in [1.29, 1.82) is 0 Å². The SMILES string of the molecule is O=C(O)c1ccc(-n2nnc(S(=O)(=O)c3ccccc3Br)c2-c2ccccc2)cc1. The molecule has 0 spiro atoms. The minimum Gasteiger partial charge on any atom is -0.478 e. The largest absolute Gasteiger partial charge is 0.478 e. The first-order chi connectivity index (χ1) is 14.4. The Kier molecular flexibility index (Phi) is 5.23. The third-order valence-corrected chi connectivity index (χ3v) is 7.10. The second-order valence-electron chi connectivity index (χ2n) is 6.31. The summed E-state index contributed by atoms with van der Waals surface area (Å²) in [7, 11) is -3.99. The lowest BCUT2D eigenvalue weighted by Crippen LogP contribution is -2.07. The predicted molar refractivity (Wildman–Crippen MR) is 113 cm³/mol. The number of sulfone groups is 1. The van der Waals surface area contributed by atoms with Crippen LogP contribution < -0.4 is 0 Å². The van der Waals surface area contributed by atoms with Crippen LogP contribution in [0.15, 0.2) is 93.3 Å². The summed E-state index contributed by atoms with van der Waals surface area (Å²) in [5.74, 6) is -1.05. The van der Waals surface area contributed by atoms with Crippen LogP contribution in [0.1, 0.15) is 10.4 Å². The van der Waals surface area contributed by atoms with Crippen molar-refractivity contribution in [2.24, 2.45) is 0 Å². The van der Waals surface area contributed by atoms with E-state index in [9.17, 15) is 13.2 Å². The first-order valence-corrected chi connectivity index (χ1v) is 11.0. The molecule has 4 aromatic rings. The van der Waals surface area contributed by atoms with Crippen molar-refractivity contribution in [3.05, 3.63) is 88.9 Å². The van der Waals surface area contributed by atoms with E-state index in [0.717, 1.165) is 0 Å². The van der Waals surface area contributed by atoms with E-state index in [1.807, 2.05) is 6.07 Å². The molecule has 0 aliphatic carbocycles. The van der Waals surface area contributed by atoms with Crippen LogP contribution in [0, 0.1) is 0 Å². The number of halogens is 1. The van der Waals surface area contributed by atoms with E-state index in [2.05, 4.69) is 26.2 Å². The lowest BCUT2D eigenvalue weighted by Gasteiger charge is -2.10. The fraction of sp³-hybridized carbons (Fsp3) is 0. The number of aromatic carboxylic acids is 1. The summed E-state index contributed by atoms with van der Waals surface area (Å²) in [6.07, 6.45) is 0. The number of aromatic nitrogens is 3. The first kappa shape index (κ1) is 20.0. The third-order valence-electron chi connectivity index (χ3n) is 4.43. The zero-order valence-electron chi connectivity index (χ0n) is 15.3. The van der Waals surface area contributed by atoms with Crippen LogP contribution in [0.2, 0.25) is 0 Å². The Morgan fingerprint density at radius 2 is 1.53 bits per heavy atom. The zero-order valence-corrected chi connectivity index (χ0v) is 17.7. The molecule has 150 valence electrons. The first-order valence-electron chi connectivity index (χ1n) is 8.74. The van der Waals surface area contributed by atoms with Crippen molar-refractivity contribution < 1.29 is 18.3 Å². The van der Waals surface area contributed by atoms with Crippen molar-refractivity contribution in [3.63, 3.8) is 0 Å². The number of carboxylic acid groups (broad SMARTS) is 1. The Labute approximate surface area is 180 Å². The molecule has 3 aromatic carbocycles. The van der Waals surface area contributed by atoms with E-state index in [1.54, 1.807) is 54.6 Å². The molecule has 0 aliphatic rings. The van der Waals surface area contributed by atoms with Gasteiger partial charge in [-0.25, -0.2) is 17.9 Å². The molecule has 1 heterocycles. The van der Waals surface area contributed by atoms with Gasteiger partial charge in [-0.3, -0.25) is 0 Å². The molecule has 0 saturated heterocycles. The highest BCUT2D eigenvalue weighted by atomic mass is 79.9. The molecule has 0 saturated carbocycles. The summed E-state index contributed by atoms with van der Waals surface area (Å²) in [5, 5.41) is 17.0. The van der Waals surface area contributed by atoms with Crippen LogP contribution in [0.25, 0.3) is 16.9 Å². The molecule has 0 unspecified atom stereocenters. The molecule has 0 amide bonds. The predicted octanol–water partition coefficient (Wildman–Crippen LogP) is 4.23. The van der Waals surface area contributed by atoms with Crippen molar-refractivity contribution in [1.82, 2.24) is 15.0 Å². The quantitative estimate of drug-likeness (QED) is 0.455. The van der Waals surface area contributed by atoms with Crippen LogP contribution in [-0.2, 0) is 9.84 Å². The van der Waals surface area contributed by atoms with Gasteiger partial charge >= 0.3 is 5.97 Å². The average molecular weight is 484 g/mol. The molecule has 0 atom stereocenters. The van der Waals surface area contributed by atoms with Crippen molar-refractivity contribution in [3.8, 4) is 16.9 Å². The molecule has 7 nitrogen and oxygen atoms in total. The maximum atomic E-state index is 13.4. The van der Waals surface area contributed by atoms with Gasteiger partial charge < -0.3 is 5.11 Å². The highest BCUT2D eigenvalue weighted by Gasteiger charge is 2.30. The Morgan fingerprint density at radius 3 is 2.17 bits per heavy atom. The molecule has 9 heteroatoms. The van der Waals surface area contributed by atoms with Crippen molar-refractivity contribution in [2.45, 2.75) is 9.92 Å². The van der Waals surface area contributed by atoms with Crippen LogP contribution in [0.3, 0.4) is 0 Å². The van der Waals surface area contributed by atoms with Gasteiger partial charge in [0.05, 0.1) is 16.1 Å². The Balaban J connectivity index is 1.95. The minimum absolute atomic E-state index is 0.0791. The summed E-state index contributed by atoms with van der Waals surface area (Å²) < 4.78 is 28.6. The van der Waals surface area contributed by atoms with Gasteiger partial charge in [0.25, 0.3) is 0 Å². The molecule has 4 rings (SSSR count). The van der Waals surface area contributed by atoms with Gasteiger partial charge in [-0.05, 0) is 52.3 Å². The summed E-state index contributed by atoms with van der Waals surface area (Å²) in [4.78, 5) is 11.2. The van der Waals surface area contributed by atoms with Gasteiger partial charge in [-0.2, -0.15) is 0 Å². The molecule has 0 radical (unpaired) electrons. The van der Waals surface area contributed by atoms with E-state index in [1.165, 1.54) is 22.9 Å². The number of nitrogens with zero attached hydrogens (tertiary/aromatic N) is 3. The molecule has 30 heavy (non-hydrogen) atoms. The highest BCUT2D eigenvalue weighted by molar-refractivity contribution is 9.10. The van der Waals surface area contributed by atoms with Gasteiger partial charge in [0.15, 0.2) is 0 Å². The van der Waals surface area contributed by atoms with Gasteiger partial charge in [-0.1, -0.05) is 47.7 Å². The summed E-state index contributed by atoms with van der Waals surface area (Å²) in [5.41, 5.74) is 1.49. The van der Waals surface area contributed by atoms with Crippen molar-refractivity contribution in [2.75, 3.05) is 0 Å². The minimum atomic E-state index is -3.99. The topological polar surface area (TPSA) is 102 Å². The number of benzene rings is 3. The molecule has 0 aliphatic heterocycles. The second kappa shape index (κ2) is 7.85. The van der Waals surface area contributed by atoms with Crippen LogP contribution >= 0.6 is 15.9 Å². The maximum absolute atomic E-state index is 13.4. The molecule has 0 bridgehead atoms. The number of hydrogen-bond donors (Lipinski definition) is 1. The number of hydrogen-bond acceptors (Lipinski definition) is 5.